The van der Waals surface area contributed by atoms with Crippen LogP contribution in [0.2, 0.25) is 0 Å². The van der Waals surface area contributed by atoms with Gasteiger partial charge in [0.1, 0.15) is 8.51 Å². The Bertz CT molecular complexity index is 257. The highest BCUT2D eigenvalue weighted by atomic mass is 31.1. The molecule has 0 saturated carbocycles. The number of rotatable bonds is 10. The Balaban J connectivity index is 2.22. The SMILES string of the molecule is CCCCCCc1np[nH]c1CCCCCC. The lowest BCUT2D eigenvalue weighted by Gasteiger charge is -2.02. The lowest BCUT2D eigenvalue weighted by atomic mass is 10.1. The second-order valence-electron chi connectivity index (χ2n) is 4.86. The van der Waals surface area contributed by atoms with Crippen molar-refractivity contribution in [2.24, 2.45) is 0 Å². The van der Waals surface area contributed by atoms with Gasteiger partial charge in [-0.3, -0.25) is 0 Å². The third kappa shape index (κ3) is 6.21. The highest BCUT2D eigenvalue weighted by Gasteiger charge is 2.05. The van der Waals surface area contributed by atoms with Crippen LogP contribution in [0.5, 0.6) is 0 Å². The lowest BCUT2D eigenvalue weighted by molar-refractivity contribution is 0.643. The Morgan fingerprint density at radius 2 is 1.53 bits per heavy atom. The van der Waals surface area contributed by atoms with Gasteiger partial charge in [0.15, 0.2) is 0 Å². The molecule has 0 amide bonds. The minimum atomic E-state index is 1.06. The van der Waals surface area contributed by atoms with Gasteiger partial charge in [0.05, 0.1) is 5.69 Å². The Morgan fingerprint density at radius 1 is 0.882 bits per heavy atom. The second kappa shape index (κ2) is 9.65. The zero-order valence-corrected chi connectivity index (χ0v) is 12.4. The summed E-state index contributed by atoms with van der Waals surface area (Å²) < 4.78 is 7.96. The fraction of sp³-hybridized carbons (Fsp3) is 0.857. The highest BCUT2D eigenvalue weighted by molar-refractivity contribution is 7.20. The van der Waals surface area contributed by atoms with Gasteiger partial charge in [0, 0.05) is 5.69 Å². The molecule has 1 aromatic heterocycles. The van der Waals surface area contributed by atoms with Crippen molar-refractivity contribution < 1.29 is 0 Å². The smallest absolute Gasteiger partial charge is 0.129 e. The minimum Gasteiger partial charge on any atom is -0.325 e. The number of hydrogen-bond donors (Lipinski definition) is 1. The predicted octanol–water partition coefficient (Wildman–Crippen LogP) is 5.24. The van der Waals surface area contributed by atoms with Crippen molar-refractivity contribution in [1.82, 2.24) is 9.49 Å². The van der Waals surface area contributed by atoms with E-state index in [1.807, 2.05) is 0 Å². The van der Waals surface area contributed by atoms with Crippen molar-refractivity contribution in [3.05, 3.63) is 11.4 Å². The third-order valence-electron chi connectivity index (χ3n) is 3.25. The number of H-pyrrole nitrogens is 1. The van der Waals surface area contributed by atoms with Crippen molar-refractivity contribution in [2.75, 3.05) is 0 Å². The van der Waals surface area contributed by atoms with Crippen LogP contribution in [0.25, 0.3) is 0 Å². The zero-order chi connectivity index (χ0) is 12.3. The molecule has 0 aliphatic carbocycles. The topological polar surface area (TPSA) is 28.7 Å². The van der Waals surface area contributed by atoms with Gasteiger partial charge < -0.3 is 4.75 Å². The molecule has 3 heteroatoms. The highest BCUT2D eigenvalue weighted by Crippen LogP contribution is 2.16. The summed E-state index contributed by atoms with van der Waals surface area (Å²) in [6.07, 6.45) is 13.1. The molecule has 2 nitrogen and oxygen atoms in total. The maximum atomic E-state index is 4.55. The van der Waals surface area contributed by atoms with Crippen LogP contribution in [-0.2, 0) is 12.8 Å². The lowest BCUT2D eigenvalue weighted by Crippen LogP contribution is -1.94. The molecule has 0 bridgehead atoms. The molecule has 1 rings (SSSR count). The number of aromatic amines is 1. The zero-order valence-electron chi connectivity index (χ0n) is 11.5. The molecule has 0 unspecified atom stereocenters. The summed E-state index contributed by atoms with van der Waals surface area (Å²) in [5, 5.41) is 0. The van der Waals surface area contributed by atoms with Gasteiger partial charge in [-0.15, -0.1) is 0 Å². The maximum Gasteiger partial charge on any atom is 0.129 e. The predicted molar refractivity (Wildman–Crippen MR) is 76.8 cm³/mol. The van der Waals surface area contributed by atoms with Crippen LogP contribution in [0.1, 0.15) is 76.6 Å². The van der Waals surface area contributed by atoms with Crippen LogP contribution in [-0.4, -0.2) is 9.49 Å². The van der Waals surface area contributed by atoms with E-state index in [0.717, 1.165) is 8.51 Å². The van der Waals surface area contributed by atoms with E-state index in [-0.39, 0.29) is 0 Å². The Morgan fingerprint density at radius 3 is 2.18 bits per heavy atom. The number of nitrogens with one attached hydrogen (secondary N) is 1. The summed E-state index contributed by atoms with van der Waals surface area (Å²) >= 11 is 0. The first-order valence-corrected chi connectivity index (χ1v) is 8.12. The molecule has 0 spiro atoms. The van der Waals surface area contributed by atoms with E-state index in [9.17, 15) is 0 Å². The number of unbranched alkanes of at least 4 members (excludes halogenated alkanes) is 6. The molecule has 0 fully saturated rings. The summed E-state index contributed by atoms with van der Waals surface area (Å²) in [7, 11) is 1.06. The Kier molecular flexibility index (Phi) is 8.34. The normalized spacial score (nSPS) is 10.9. The molecule has 0 atom stereocenters. The van der Waals surface area contributed by atoms with Crippen molar-refractivity contribution in [3.8, 4) is 0 Å². The van der Waals surface area contributed by atoms with E-state index >= 15 is 0 Å². The van der Waals surface area contributed by atoms with Crippen LogP contribution >= 0.6 is 8.51 Å². The average molecular weight is 254 g/mol. The summed E-state index contributed by atoms with van der Waals surface area (Å²) in [6.45, 7) is 4.53. The van der Waals surface area contributed by atoms with E-state index in [1.165, 1.54) is 75.6 Å². The maximum absolute atomic E-state index is 4.55. The van der Waals surface area contributed by atoms with Crippen molar-refractivity contribution >= 4 is 8.51 Å². The van der Waals surface area contributed by atoms with Gasteiger partial charge >= 0.3 is 0 Å². The second-order valence-corrected chi connectivity index (χ2v) is 5.48. The van der Waals surface area contributed by atoms with E-state index < -0.39 is 0 Å². The van der Waals surface area contributed by atoms with Gasteiger partial charge in [0.25, 0.3) is 0 Å². The summed E-state index contributed by atoms with van der Waals surface area (Å²) in [6, 6.07) is 0. The van der Waals surface area contributed by atoms with E-state index in [1.54, 1.807) is 0 Å². The van der Waals surface area contributed by atoms with E-state index in [4.69, 9.17) is 0 Å². The molecule has 0 radical (unpaired) electrons. The number of hydrogen-bond acceptors (Lipinski definition) is 1. The quantitative estimate of drug-likeness (QED) is 0.569. The first-order valence-electron chi connectivity index (χ1n) is 7.27. The average Bonchev–Trinajstić information content (AvgIpc) is 2.78. The van der Waals surface area contributed by atoms with Gasteiger partial charge in [-0.2, -0.15) is 0 Å². The van der Waals surface area contributed by atoms with Crippen LogP contribution in [0.4, 0.5) is 0 Å². The molecular formula is C14H27N2P. The van der Waals surface area contributed by atoms with Crippen molar-refractivity contribution in [1.29, 1.82) is 0 Å². The Hall–Kier alpha value is -0.360. The van der Waals surface area contributed by atoms with Crippen LogP contribution in [0, 0.1) is 0 Å². The molecule has 1 heterocycles. The summed E-state index contributed by atoms with van der Waals surface area (Å²) in [5.74, 6) is 0. The van der Waals surface area contributed by atoms with Gasteiger partial charge in [-0.25, -0.2) is 4.75 Å². The molecule has 0 aromatic carbocycles. The third-order valence-corrected chi connectivity index (χ3v) is 3.96. The number of nitrogens with zero attached hydrogens (tertiary/aromatic N) is 1. The number of aromatic nitrogens is 2. The summed E-state index contributed by atoms with van der Waals surface area (Å²) in [5.41, 5.74) is 2.79. The standard InChI is InChI=1S/C14H27N2P/c1-3-5-7-9-11-13-14(16-17-15-13)12-10-8-6-4-2/h3-12H2,1-2H3,(H,15,16). The molecule has 0 saturated heterocycles. The Labute approximate surface area is 108 Å². The van der Waals surface area contributed by atoms with Gasteiger partial charge in [-0.1, -0.05) is 52.4 Å². The van der Waals surface area contributed by atoms with Gasteiger partial charge in [0.2, 0.25) is 0 Å². The monoisotopic (exact) mass is 254 g/mol. The van der Waals surface area contributed by atoms with Crippen molar-refractivity contribution in [2.45, 2.75) is 78.1 Å². The van der Waals surface area contributed by atoms with Crippen LogP contribution in [0.15, 0.2) is 0 Å². The molecule has 1 N–H and O–H groups in total. The number of aryl methyl sites for hydroxylation is 2. The fourth-order valence-corrected chi connectivity index (χ4v) is 2.87. The van der Waals surface area contributed by atoms with E-state index in [2.05, 4.69) is 23.3 Å². The first kappa shape index (κ1) is 14.7. The van der Waals surface area contributed by atoms with E-state index in [0.29, 0.717) is 0 Å². The van der Waals surface area contributed by atoms with Crippen molar-refractivity contribution in [3.63, 3.8) is 0 Å². The molecule has 98 valence electrons. The fourth-order valence-electron chi connectivity index (χ4n) is 2.12. The minimum absolute atomic E-state index is 1.06. The van der Waals surface area contributed by atoms with Crippen LogP contribution in [0.3, 0.4) is 0 Å². The molecule has 0 aliphatic heterocycles. The molecule has 17 heavy (non-hydrogen) atoms. The first-order chi connectivity index (χ1) is 8.38. The van der Waals surface area contributed by atoms with Crippen LogP contribution < -0.4 is 0 Å². The molecular weight excluding hydrogens is 227 g/mol. The molecule has 0 aliphatic rings. The van der Waals surface area contributed by atoms with Gasteiger partial charge in [-0.05, 0) is 25.7 Å². The largest absolute Gasteiger partial charge is 0.325 e. The summed E-state index contributed by atoms with van der Waals surface area (Å²) in [4.78, 5) is 0. The molecule has 1 aromatic rings.